The van der Waals surface area contributed by atoms with E-state index in [2.05, 4.69) is 20.7 Å². The van der Waals surface area contributed by atoms with E-state index >= 15 is 0 Å². The van der Waals surface area contributed by atoms with Crippen LogP contribution in [0, 0.1) is 34.6 Å². The van der Waals surface area contributed by atoms with Gasteiger partial charge < -0.3 is 4.90 Å². The van der Waals surface area contributed by atoms with E-state index in [0.717, 1.165) is 62.2 Å². The molecule has 0 aliphatic carbocycles. The Bertz CT molecular complexity index is 1420. The molecule has 0 spiro atoms. The molecule has 1 aliphatic heterocycles. The predicted molar refractivity (Wildman–Crippen MR) is 162 cm³/mol. The average molecular weight is 616 g/mol. The van der Waals surface area contributed by atoms with E-state index in [4.69, 9.17) is 0 Å². The maximum atomic E-state index is 13.7. The van der Waals surface area contributed by atoms with Gasteiger partial charge in [0.1, 0.15) is 0 Å². The van der Waals surface area contributed by atoms with E-state index in [1.165, 1.54) is 0 Å². The summed E-state index contributed by atoms with van der Waals surface area (Å²) in [6, 6.07) is 15.0. The highest BCUT2D eigenvalue weighted by atomic mass is 79.9. The summed E-state index contributed by atoms with van der Waals surface area (Å²) in [5.41, 5.74) is 6.68. The van der Waals surface area contributed by atoms with E-state index in [0.29, 0.717) is 22.7 Å². The number of benzene rings is 3. The quantitative estimate of drug-likeness (QED) is 0.302. The Morgan fingerprint density at radius 3 is 2.08 bits per heavy atom. The first-order valence-corrected chi connectivity index (χ1v) is 16.3. The van der Waals surface area contributed by atoms with Crippen LogP contribution in [-0.2, 0) is 16.6 Å². The largest absolute Gasteiger partial charge is 0.331 e. The number of hydrogen-bond donors (Lipinski definition) is 1. The molecule has 1 N–H and O–H groups in total. The molecule has 5 nitrogen and oxygen atoms in total. The Balaban J connectivity index is 1.58. The minimum atomic E-state index is -3.80. The van der Waals surface area contributed by atoms with E-state index in [-0.39, 0.29) is 11.9 Å². The third-order valence-corrected chi connectivity index (χ3v) is 10.9. The standard InChI is InChI=1S/C30H35BrN2O3S2/c1-19-20(2)22(4)29(23(5)21(19)3)38(35,36)32-27-11-9-25(10-12-27)30(34)33(28-13-15-37-16-14-28)18-24-7-6-8-26(31)17-24/h6-12,17,28,32H,13-16,18H2,1-5H3. The SMILES string of the molecule is Cc1c(C)c(C)c(S(=O)(=O)Nc2ccc(C(=O)N(Cc3cccc(Br)c3)C3CCSCC3)cc2)c(C)c1C. The molecule has 0 saturated carbocycles. The summed E-state index contributed by atoms with van der Waals surface area (Å²) in [6.45, 7) is 10.2. The molecular weight excluding hydrogens is 580 g/mol. The molecule has 0 radical (unpaired) electrons. The van der Waals surface area contributed by atoms with Crippen LogP contribution in [0.25, 0.3) is 0 Å². The monoisotopic (exact) mass is 614 g/mol. The molecule has 1 heterocycles. The van der Waals surface area contributed by atoms with Gasteiger partial charge >= 0.3 is 0 Å². The minimum absolute atomic E-state index is 0.0345. The lowest BCUT2D eigenvalue weighted by Gasteiger charge is -2.34. The maximum absolute atomic E-state index is 13.7. The second kappa shape index (κ2) is 11.8. The number of rotatable bonds is 7. The van der Waals surface area contributed by atoms with E-state index < -0.39 is 10.0 Å². The number of hydrogen-bond acceptors (Lipinski definition) is 4. The van der Waals surface area contributed by atoms with Gasteiger partial charge in [-0.1, -0.05) is 28.1 Å². The molecule has 4 rings (SSSR count). The number of sulfonamides is 1. The molecule has 202 valence electrons. The van der Waals surface area contributed by atoms with Crippen molar-refractivity contribution in [2.45, 2.75) is 64.9 Å². The Morgan fingerprint density at radius 2 is 1.50 bits per heavy atom. The summed E-state index contributed by atoms with van der Waals surface area (Å²) in [6.07, 6.45) is 1.94. The molecule has 0 bridgehead atoms. The van der Waals surface area contributed by atoms with Gasteiger partial charge in [0.25, 0.3) is 15.9 Å². The van der Waals surface area contributed by atoms with Crippen LogP contribution in [0.1, 0.15) is 56.6 Å². The zero-order valence-corrected chi connectivity index (χ0v) is 25.8. The smallest absolute Gasteiger partial charge is 0.262 e. The van der Waals surface area contributed by atoms with Gasteiger partial charge in [-0.25, -0.2) is 8.42 Å². The second-order valence-electron chi connectivity index (χ2n) is 10.0. The Morgan fingerprint density at radius 1 is 0.921 bits per heavy atom. The zero-order valence-electron chi connectivity index (χ0n) is 22.6. The summed E-state index contributed by atoms with van der Waals surface area (Å²) < 4.78 is 30.6. The first-order valence-electron chi connectivity index (χ1n) is 12.8. The third-order valence-electron chi connectivity index (χ3n) is 7.72. The minimum Gasteiger partial charge on any atom is -0.331 e. The highest BCUT2D eigenvalue weighted by molar-refractivity contribution is 9.10. The summed E-state index contributed by atoms with van der Waals surface area (Å²) in [5.74, 6) is 2.06. The van der Waals surface area contributed by atoms with Crippen LogP contribution in [0.15, 0.2) is 57.9 Å². The predicted octanol–water partition coefficient (Wildman–Crippen LogP) is 7.33. The van der Waals surface area contributed by atoms with Gasteiger partial charge in [-0.15, -0.1) is 0 Å². The molecule has 3 aromatic carbocycles. The summed E-state index contributed by atoms with van der Waals surface area (Å²) in [5, 5.41) is 0. The second-order valence-corrected chi connectivity index (χ2v) is 13.8. The molecule has 1 fully saturated rings. The van der Waals surface area contributed by atoms with Crippen LogP contribution < -0.4 is 4.72 Å². The first kappa shape index (κ1) is 28.7. The van der Waals surface area contributed by atoms with Gasteiger partial charge in [0.2, 0.25) is 0 Å². The van der Waals surface area contributed by atoms with Crippen LogP contribution in [0.4, 0.5) is 5.69 Å². The molecule has 3 aromatic rings. The van der Waals surface area contributed by atoms with Crippen molar-refractivity contribution in [3.63, 3.8) is 0 Å². The lowest BCUT2D eigenvalue weighted by molar-refractivity contribution is 0.0649. The summed E-state index contributed by atoms with van der Waals surface area (Å²) in [4.78, 5) is 16.0. The van der Waals surface area contributed by atoms with Gasteiger partial charge in [-0.3, -0.25) is 9.52 Å². The normalized spacial score (nSPS) is 14.4. The van der Waals surface area contributed by atoms with Crippen molar-refractivity contribution in [2.75, 3.05) is 16.2 Å². The highest BCUT2D eigenvalue weighted by Gasteiger charge is 2.27. The fourth-order valence-corrected chi connectivity index (χ4v) is 8.31. The molecule has 1 aliphatic rings. The van der Waals surface area contributed by atoms with Crippen molar-refractivity contribution in [1.82, 2.24) is 4.90 Å². The lowest BCUT2D eigenvalue weighted by atomic mass is 9.95. The molecule has 1 saturated heterocycles. The Labute approximate surface area is 239 Å². The molecule has 38 heavy (non-hydrogen) atoms. The molecule has 0 atom stereocenters. The van der Waals surface area contributed by atoms with Gasteiger partial charge in [0, 0.05) is 28.3 Å². The van der Waals surface area contributed by atoms with Crippen LogP contribution in [0.3, 0.4) is 0 Å². The van der Waals surface area contributed by atoms with Gasteiger partial charge in [0.05, 0.1) is 4.90 Å². The molecule has 0 unspecified atom stereocenters. The average Bonchev–Trinajstić information content (AvgIpc) is 2.90. The van der Waals surface area contributed by atoms with Crippen molar-refractivity contribution in [2.24, 2.45) is 0 Å². The van der Waals surface area contributed by atoms with Crippen molar-refractivity contribution < 1.29 is 13.2 Å². The molecule has 0 aromatic heterocycles. The van der Waals surface area contributed by atoms with Crippen LogP contribution in [-0.4, -0.2) is 36.8 Å². The molecule has 1 amide bonds. The first-order chi connectivity index (χ1) is 18.0. The Kier molecular flexibility index (Phi) is 8.95. The van der Waals surface area contributed by atoms with Crippen molar-refractivity contribution in [3.8, 4) is 0 Å². The van der Waals surface area contributed by atoms with E-state index in [9.17, 15) is 13.2 Å². The Hall–Kier alpha value is -2.29. The lowest BCUT2D eigenvalue weighted by Crippen LogP contribution is -2.41. The number of carbonyl (C=O) groups excluding carboxylic acids is 1. The van der Waals surface area contributed by atoms with Crippen LogP contribution in [0.5, 0.6) is 0 Å². The molecular formula is C30H35BrN2O3S2. The summed E-state index contributed by atoms with van der Waals surface area (Å²) >= 11 is 5.47. The molecule has 8 heteroatoms. The van der Waals surface area contributed by atoms with Gasteiger partial charge in [-0.05, 0) is 129 Å². The van der Waals surface area contributed by atoms with Crippen LogP contribution in [0.2, 0.25) is 0 Å². The number of halogens is 1. The van der Waals surface area contributed by atoms with E-state index in [1.807, 2.05) is 75.5 Å². The number of anilines is 1. The number of nitrogens with one attached hydrogen (secondary N) is 1. The maximum Gasteiger partial charge on any atom is 0.262 e. The zero-order chi connectivity index (χ0) is 27.6. The fraction of sp³-hybridized carbons (Fsp3) is 0.367. The summed E-state index contributed by atoms with van der Waals surface area (Å²) in [7, 11) is -3.80. The van der Waals surface area contributed by atoms with Crippen molar-refractivity contribution >= 4 is 49.3 Å². The van der Waals surface area contributed by atoms with Gasteiger partial charge in [0.15, 0.2) is 0 Å². The number of nitrogens with zero attached hydrogens (tertiary/aromatic N) is 1. The number of carbonyl (C=O) groups is 1. The topological polar surface area (TPSA) is 66.5 Å². The third kappa shape index (κ3) is 6.13. The van der Waals surface area contributed by atoms with Crippen molar-refractivity contribution in [3.05, 3.63) is 91.9 Å². The van der Waals surface area contributed by atoms with Gasteiger partial charge in [-0.2, -0.15) is 11.8 Å². The van der Waals surface area contributed by atoms with Crippen LogP contribution >= 0.6 is 27.7 Å². The number of thioether (sulfide) groups is 1. The van der Waals surface area contributed by atoms with Crippen molar-refractivity contribution in [1.29, 1.82) is 0 Å². The fourth-order valence-electron chi connectivity index (χ4n) is 5.12. The highest BCUT2D eigenvalue weighted by Crippen LogP contribution is 2.31. The number of amides is 1. The van der Waals surface area contributed by atoms with E-state index in [1.54, 1.807) is 24.3 Å².